The normalized spacial score (nSPS) is 12.6. The van der Waals surface area contributed by atoms with Crippen molar-refractivity contribution >= 4 is 11.6 Å². The second-order valence-corrected chi connectivity index (χ2v) is 5.63. The Labute approximate surface area is 126 Å². The van der Waals surface area contributed by atoms with Crippen molar-refractivity contribution in [2.45, 2.75) is 39.7 Å². The lowest BCUT2D eigenvalue weighted by Gasteiger charge is -2.19. The lowest BCUT2D eigenvalue weighted by atomic mass is 9.96. The monoisotopic (exact) mass is 291 g/mol. The maximum absolute atomic E-state index is 6.14. The smallest absolute Gasteiger partial charge is 0.197 e. The Hall–Kier alpha value is -1.25. The van der Waals surface area contributed by atoms with Crippen molar-refractivity contribution in [1.82, 2.24) is 5.32 Å². The SMILES string of the molecule is CCCNC(Cc1cc(C)ccc1C)c1ccoc1Cl. The largest absolute Gasteiger partial charge is 0.453 e. The minimum Gasteiger partial charge on any atom is -0.453 e. The molecule has 1 unspecified atom stereocenters. The number of halogens is 1. The molecule has 1 N–H and O–H groups in total. The second kappa shape index (κ2) is 6.96. The van der Waals surface area contributed by atoms with Crippen molar-refractivity contribution < 1.29 is 4.42 Å². The van der Waals surface area contributed by atoms with Gasteiger partial charge in [0.15, 0.2) is 5.22 Å². The van der Waals surface area contributed by atoms with Gasteiger partial charge in [-0.1, -0.05) is 30.7 Å². The Balaban J connectivity index is 2.23. The first kappa shape index (κ1) is 15.1. The van der Waals surface area contributed by atoms with Gasteiger partial charge in [0.1, 0.15) is 0 Å². The highest BCUT2D eigenvalue weighted by molar-refractivity contribution is 6.29. The summed E-state index contributed by atoms with van der Waals surface area (Å²) in [6, 6.07) is 8.74. The zero-order valence-corrected chi connectivity index (χ0v) is 13.1. The molecule has 0 fully saturated rings. The van der Waals surface area contributed by atoms with Gasteiger partial charge in [-0.05, 0) is 62.0 Å². The van der Waals surface area contributed by atoms with Gasteiger partial charge in [0.2, 0.25) is 0 Å². The number of hydrogen-bond acceptors (Lipinski definition) is 2. The topological polar surface area (TPSA) is 25.2 Å². The van der Waals surface area contributed by atoms with Crippen LogP contribution in [-0.4, -0.2) is 6.54 Å². The van der Waals surface area contributed by atoms with Crippen molar-refractivity contribution in [3.05, 3.63) is 58.0 Å². The van der Waals surface area contributed by atoms with Crippen molar-refractivity contribution in [2.75, 3.05) is 6.54 Å². The Morgan fingerprint density at radius 3 is 2.70 bits per heavy atom. The minimum atomic E-state index is 0.196. The number of furan rings is 1. The molecule has 0 aliphatic heterocycles. The van der Waals surface area contributed by atoms with E-state index in [4.69, 9.17) is 16.0 Å². The van der Waals surface area contributed by atoms with Gasteiger partial charge in [-0.2, -0.15) is 0 Å². The molecular formula is C17H22ClNO. The molecule has 2 nitrogen and oxygen atoms in total. The molecule has 0 radical (unpaired) electrons. The maximum atomic E-state index is 6.14. The van der Waals surface area contributed by atoms with E-state index in [1.54, 1.807) is 6.26 Å². The Morgan fingerprint density at radius 1 is 1.25 bits per heavy atom. The highest BCUT2D eigenvalue weighted by Crippen LogP contribution is 2.28. The summed E-state index contributed by atoms with van der Waals surface area (Å²) in [5.41, 5.74) is 5.01. The van der Waals surface area contributed by atoms with Gasteiger partial charge < -0.3 is 9.73 Å². The van der Waals surface area contributed by atoms with Crippen molar-refractivity contribution in [1.29, 1.82) is 0 Å². The molecule has 1 atom stereocenters. The number of aryl methyl sites for hydroxylation is 2. The van der Waals surface area contributed by atoms with Crippen LogP contribution in [0.3, 0.4) is 0 Å². The van der Waals surface area contributed by atoms with Crippen LogP contribution in [0.1, 0.15) is 41.6 Å². The Kier molecular flexibility index (Phi) is 5.27. The molecule has 0 saturated carbocycles. The molecule has 0 amide bonds. The van der Waals surface area contributed by atoms with Gasteiger partial charge >= 0.3 is 0 Å². The van der Waals surface area contributed by atoms with Crippen LogP contribution >= 0.6 is 11.6 Å². The molecular weight excluding hydrogens is 270 g/mol. The lowest BCUT2D eigenvalue weighted by Crippen LogP contribution is -2.24. The minimum absolute atomic E-state index is 0.196. The fourth-order valence-corrected chi connectivity index (χ4v) is 2.65. The summed E-state index contributed by atoms with van der Waals surface area (Å²) in [7, 11) is 0. The summed E-state index contributed by atoms with van der Waals surface area (Å²) < 4.78 is 5.24. The summed E-state index contributed by atoms with van der Waals surface area (Å²) in [6.07, 6.45) is 3.67. The van der Waals surface area contributed by atoms with Crippen LogP contribution in [0.25, 0.3) is 0 Å². The van der Waals surface area contributed by atoms with E-state index < -0.39 is 0 Å². The second-order valence-electron chi connectivity index (χ2n) is 5.29. The summed E-state index contributed by atoms with van der Waals surface area (Å²) >= 11 is 6.14. The highest BCUT2D eigenvalue weighted by atomic mass is 35.5. The van der Waals surface area contributed by atoms with Crippen molar-refractivity contribution in [2.24, 2.45) is 0 Å². The summed E-state index contributed by atoms with van der Waals surface area (Å²) in [5, 5.41) is 4.05. The molecule has 1 aromatic carbocycles. The van der Waals surface area contributed by atoms with Gasteiger partial charge in [-0.25, -0.2) is 0 Å². The first-order chi connectivity index (χ1) is 9.61. The zero-order chi connectivity index (χ0) is 14.5. The molecule has 0 aliphatic rings. The van der Waals surface area contributed by atoms with E-state index in [1.807, 2.05) is 6.07 Å². The van der Waals surface area contributed by atoms with Crippen LogP contribution in [0, 0.1) is 13.8 Å². The molecule has 0 aliphatic carbocycles. The van der Waals surface area contributed by atoms with E-state index in [2.05, 4.69) is 44.3 Å². The maximum Gasteiger partial charge on any atom is 0.197 e. The number of rotatable bonds is 6. The standard InChI is InChI=1S/C17H22ClNO/c1-4-8-19-16(15-7-9-20-17(15)18)11-14-10-12(2)5-6-13(14)3/h5-7,9-10,16,19H,4,8,11H2,1-3H3. The number of hydrogen-bond donors (Lipinski definition) is 1. The van der Waals surface area contributed by atoms with Crippen LogP contribution in [0.15, 0.2) is 34.9 Å². The van der Waals surface area contributed by atoms with Gasteiger partial charge in [0, 0.05) is 11.6 Å². The molecule has 1 aromatic heterocycles. The van der Waals surface area contributed by atoms with Crippen LogP contribution < -0.4 is 5.32 Å². The van der Waals surface area contributed by atoms with Crippen LogP contribution in [0.4, 0.5) is 0 Å². The van der Waals surface area contributed by atoms with E-state index in [0.717, 1.165) is 24.9 Å². The summed E-state index contributed by atoms with van der Waals surface area (Å²) in [6.45, 7) is 7.42. The summed E-state index contributed by atoms with van der Waals surface area (Å²) in [5.74, 6) is 0. The van der Waals surface area contributed by atoms with Crippen LogP contribution in [-0.2, 0) is 6.42 Å². The highest BCUT2D eigenvalue weighted by Gasteiger charge is 2.17. The first-order valence-electron chi connectivity index (χ1n) is 7.14. The van der Waals surface area contributed by atoms with Gasteiger partial charge in [0.25, 0.3) is 0 Å². The first-order valence-corrected chi connectivity index (χ1v) is 7.52. The lowest BCUT2D eigenvalue weighted by molar-refractivity contribution is 0.512. The van der Waals surface area contributed by atoms with Crippen LogP contribution in [0.2, 0.25) is 5.22 Å². The quantitative estimate of drug-likeness (QED) is 0.824. The fourth-order valence-electron chi connectivity index (χ4n) is 2.40. The molecule has 0 spiro atoms. The van der Waals surface area contributed by atoms with Gasteiger partial charge in [-0.3, -0.25) is 0 Å². The number of benzene rings is 1. The summed E-state index contributed by atoms with van der Waals surface area (Å²) in [4.78, 5) is 0. The molecule has 1 heterocycles. The molecule has 0 bridgehead atoms. The molecule has 2 aromatic rings. The fraction of sp³-hybridized carbons (Fsp3) is 0.412. The third-order valence-electron chi connectivity index (χ3n) is 3.59. The molecule has 2 rings (SSSR count). The zero-order valence-electron chi connectivity index (χ0n) is 12.4. The van der Waals surface area contributed by atoms with Crippen LogP contribution in [0.5, 0.6) is 0 Å². The Bertz CT molecular complexity index is 562. The van der Waals surface area contributed by atoms with E-state index in [-0.39, 0.29) is 6.04 Å². The van der Waals surface area contributed by atoms with E-state index >= 15 is 0 Å². The predicted molar refractivity (Wildman–Crippen MR) is 84.4 cm³/mol. The third kappa shape index (κ3) is 3.65. The van der Waals surface area contributed by atoms with E-state index in [0.29, 0.717) is 5.22 Å². The number of nitrogens with one attached hydrogen (secondary N) is 1. The average molecular weight is 292 g/mol. The van der Waals surface area contributed by atoms with Gasteiger partial charge in [0.05, 0.1) is 6.26 Å². The van der Waals surface area contributed by atoms with Crippen molar-refractivity contribution in [3.8, 4) is 0 Å². The van der Waals surface area contributed by atoms with Gasteiger partial charge in [-0.15, -0.1) is 0 Å². The molecule has 0 saturated heterocycles. The third-order valence-corrected chi connectivity index (χ3v) is 3.90. The molecule has 20 heavy (non-hydrogen) atoms. The molecule has 3 heteroatoms. The molecule has 108 valence electrons. The Morgan fingerprint density at radius 2 is 2.05 bits per heavy atom. The van der Waals surface area contributed by atoms with Crippen molar-refractivity contribution in [3.63, 3.8) is 0 Å². The van der Waals surface area contributed by atoms with E-state index in [1.165, 1.54) is 16.7 Å². The van der Waals surface area contributed by atoms with E-state index in [9.17, 15) is 0 Å². The average Bonchev–Trinajstić information content (AvgIpc) is 2.84. The predicted octanol–water partition coefficient (Wildman–Crippen LogP) is 4.83.